The van der Waals surface area contributed by atoms with Crippen molar-refractivity contribution >= 4 is 6.09 Å². The van der Waals surface area contributed by atoms with Crippen LogP contribution in [0, 0.1) is 17.6 Å². The molecule has 1 aromatic rings. The first-order chi connectivity index (χ1) is 13.9. The Morgan fingerprint density at radius 1 is 1.07 bits per heavy atom. The Morgan fingerprint density at radius 2 is 1.69 bits per heavy atom. The number of benzene rings is 1. The van der Waals surface area contributed by atoms with Crippen molar-refractivity contribution in [1.82, 2.24) is 4.90 Å². The van der Waals surface area contributed by atoms with E-state index in [4.69, 9.17) is 9.47 Å². The van der Waals surface area contributed by atoms with Gasteiger partial charge in [-0.05, 0) is 75.0 Å². The van der Waals surface area contributed by atoms with Crippen LogP contribution in [0.25, 0.3) is 0 Å². The van der Waals surface area contributed by atoms with E-state index >= 15 is 0 Å². The Balaban J connectivity index is 1.27. The van der Waals surface area contributed by atoms with E-state index in [1.165, 1.54) is 18.6 Å². The molecule has 0 bridgehead atoms. The molecule has 0 unspecified atom stereocenters. The molecule has 0 radical (unpaired) electrons. The van der Waals surface area contributed by atoms with E-state index in [1.54, 1.807) is 4.90 Å². The summed E-state index contributed by atoms with van der Waals surface area (Å²) in [5, 5.41) is 0. The zero-order valence-electron chi connectivity index (χ0n) is 17.2. The summed E-state index contributed by atoms with van der Waals surface area (Å²) in [7, 11) is 0. The Kier molecular flexibility index (Phi) is 5.98. The highest BCUT2D eigenvalue weighted by Crippen LogP contribution is 2.39. The summed E-state index contributed by atoms with van der Waals surface area (Å²) in [5.41, 5.74) is 0.485. The summed E-state index contributed by atoms with van der Waals surface area (Å²) in [5.74, 6) is -1.06. The van der Waals surface area contributed by atoms with Crippen LogP contribution in [0.4, 0.5) is 13.6 Å². The number of halogens is 2. The second-order valence-electron chi connectivity index (χ2n) is 9.21. The molecule has 2 saturated carbocycles. The highest BCUT2D eigenvalue weighted by Gasteiger charge is 2.43. The first kappa shape index (κ1) is 20.4. The molecule has 1 amide bonds. The monoisotopic (exact) mass is 407 g/mol. The van der Waals surface area contributed by atoms with Gasteiger partial charge >= 0.3 is 6.09 Å². The number of hydrogen-bond acceptors (Lipinski definition) is 3. The van der Waals surface area contributed by atoms with Crippen LogP contribution in [0.15, 0.2) is 12.1 Å². The Morgan fingerprint density at radius 3 is 2.28 bits per heavy atom. The van der Waals surface area contributed by atoms with E-state index in [1.807, 2.05) is 6.92 Å². The fraction of sp³-hybridized carbons (Fsp3) is 0.696. The fourth-order valence-corrected chi connectivity index (χ4v) is 4.43. The number of hydrogen-bond donors (Lipinski definition) is 0. The predicted molar refractivity (Wildman–Crippen MR) is 106 cm³/mol. The lowest BCUT2D eigenvalue weighted by atomic mass is 9.84. The van der Waals surface area contributed by atoms with Crippen molar-refractivity contribution in [3.05, 3.63) is 29.3 Å². The highest BCUT2D eigenvalue weighted by atomic mass is 19.1. The third kappa shape index (κ3) is 5.01. The number of amides is 1. The van der Waals surface area contributed by atoms with Gasteiger partial charge in [0.2, 0.25) is 0 Å². The fourth-order valence-electron chi connectivity index (χ4n) is 4.43. The maximum Gasteiger partial charge on any atom is 0.410 e. The van der Waals surface area contributed by atoms with Crippen molar-refractivity contribution in [1.29, 1.82) is 0 Å². The minimum Gasteiger partial charge on any atom is -0.487 e. The minimum atomic E-state index is -0.607. The molecule has 1 saturated heterocycles. The van der Waals surface area contributed by atoms with Gasteiger partial charge in [-0.3, -0.25) is 0 Å². The summed E-state index contributed by atoms with van der Waals surface area (Å²) in [6, 6.07) is 2.90. The van der Waals surface area contributed by atoms with Crippen LogP contribution in [0.2, 0.25) is 0 Å². The molecule has 0 aromatic heterocycles. The lowest BCUT2D eigenvalue weighted by molar-refractivity contribution is 0.0453. The second-order valence-corrected chi connectivity index (χ2v) is 9.21. The smallest absolute Gasteiger partial charge is 0.410 e. The SMILES string of the molecule is CC1(OC(=O)N2CCC(COc3c(F)cc(C4CCCCC4)cc3F)CC2)CC1. The third-order valence-corrected chi connectivity index (χ3v) is 6.72. The third-order valence-electron chi connectivity index (χ3n) is 6.72. The van der Waals surface area contributed by atoms with Gasteiger partial charge in [-0.1, -0.05) is 19.3 Å². The molecule has 160 valence electrons. The predicted octanol–water partition coefficient (Wildman–Crippen LogP) is 5.79. The van der Waals surface area contributed by atoms with Gasteiger partial charge in [-0.15, -0.1) is 0 Å². The van der Waals surface area contributed by atoms with Crippen LogP contribution >= 0.6 is 0 Å². The molecule has 1 aromatic carbocycles. The first-order valence-electron chi connectivity index (χ1n) is 11.0. The van der Waals surface area contributed by atoms with E-state index in [9.17, 15) is 13.6 Å². The van der Waals surface area contributed by atoms with Crippen molar-refractivity contribution in [2.75, 3.05) is 19.7 Å². The minimum absolute atomic E-state index is 0.174. The maximum absolute atomic E-state index is 14.5. The largest absolute Gasteiger partial charge is 0.487 e. The van der Waals surface area contributed by atoms with Gasteiger partial charge < -0.3 is 14.4 Å². The molecule has 3 aliphatic rings. The van der Waals surface area contributed by atoms with E-state index in [2.05, 4.69) is 0 Å². The Bertz CT molecular complexity index is 713. The number of carbonyl (C=O) groups excluding carboxylic acids is 1. The summed E-state index contributed by atoms with van der Waals surface area (Å²) in [6.07, 6.45) is 8.55. The van der Waals surface area contributed by atoms with Gasteiger partial charge in [0.15, 0.2) is 17.4 Å². The normalized spacial score (nSPS) is 22.4. The molecular formula is C23H31F2NO3. The van der Waals surface area contributed by atoms with Crippen LogP contribution in [0.3, 0.4) is 0 Å². The van der Waals surface area contributed by atoms with Crippen LogP contribution in [0.5, 0.6) is 5.75 Å². The first-order valence-corrected chi connectivity index (χ1v) is 11.0. The van der Waals surface area contributed by atoms with Gasteiger partial charge in [0.1, 0.15) is 5.60 Å². The van der Waals surface area contributed by atoms with Gasteiger partial charge in [0.25, 0.3) is 0 Å². The summed E-state index contributed by atoms with van der Waals surface area (Å²) in [6.45, 7) is 3.40. The average molecular weight is 408 g/mol. The van der Waals surface area contributed by atoms with Crippen LogP contribution in [-0.4, -0.2) is 36.3 Å². The second kappa shape index (κ2) is 8.49. The van der Waals surface area contributed by atoms with Crippen LogP contribution < -0.4 is 4.74 Å². The molecule has 4 rings (SSSR count). The highest BCUT2D eigenvalue weighted by molar-refractivity contribution is 5.68. The molecule has 4 nitrogen and oxygen atoms in total. The summed E-state index contributed by atoms with van der Waals surface area (Å²) in [4.78, 5) is 13.9. The Hall–Kier alpha value is -1.85. The molecule has 1 heterocycles. The summed E-state index contributed by atoms with van der Waals surface area (Å²) < 4.78 is 40.1. The maximum atomic E-state index is 14.5. The number of likely N-dealkylation sites (tertiary alicyclic amines) is 1. The van der Waals surface area contributed by atoms with Crippen molar-refractivity contribution in [2.45, 2.75) is 76.2 Å². The molecule has 29 heavy (non-hydrogen) atoms. The number of nitrogens with zero attached hydrogens (tertiary/aromatic N) is 1. The van der Waals surface area contributed by atoms with E-state index in [0.717, 1.165) is 56.9 Å². The number of carbonyl (C=O) groups is 1. The van der Waals surface area contributed by atoms with E-state index in [-0.39, 0.29) is 35.9 Å². The van der Waals surface area contributed by atoms with Crippen LogP contribution in [-0.2, 0) is 4.74 Å². The van der Waals surface area contributed by atoms with Gasteiger partial charge in [0, 0.05) is 13.1 Å². The standard InChI is InChI=1S/C23H31F2NO3/c1-23(9-10-23)29-22(27)26-11-7-16(8-12-26)15-28-21-19(24)13-18(14-20(21)25)17-5-3-2-4-6-17/h13-14,16-17H,2-12,15H2,1H3. The average Bonchev–Trinajstić information content (AvgIpc) is 3.45. The van der Waals surface area contributed by atoms with Gasteiger partial charge in [0.05, 0.1) is 6.61 Å². The van der Waals surface area contributed by atoms with Gasteiger partial charge in [-0.25, -0.2) is 13.6 Å². The Labute approximate surface area is 171 Å². The lowest BCUT2D eigenvalue weighted by Crippen LogP contribution is -2.41. The molecule has 3 fully saturated rings. The van der Waals surface area contributed by atoms with Crippen molar-refractivity contribution < 1.29 is 23.0 Å². The molecular weight excluding hydrogens is 376 g/mol. The topological polar surface area (TPSA) is 38.8 Å². The molecule has 6 heteroatoms. The quantitative estimate of drug-likeness (QED) is 0.620. The molecule has 1 aliphatic heterocycles. The lowest BCUT2D eigenvalue weighted by Gasteiger charge is -2.32. The van der Waals surface area contributed by atoms with Crippen molar-refractivity contribution in [3.63, 3.8) is 0 Å². The van der Waals surface area contributed by atoms with Gasteiger partial charge in [-0.2, -0.15) is 0 Å². The zero-order valence-corrected chi connectivity index (χ0v) is 17.2. The molecule has 0 N–H and O–H groups in total. The van der Waals surface area contributed by atoms with Crippen molar-refractivity contribution in [2.24, 2.45) is 5.92 Å². The number of rotatable bonds is 5. The number of piperidine rings is 1. The zero-order chi connectivity index (χ0) is 20.4. The molecule has 0 atom stereocenters. The van der Waals surface area contributed by atoms with Crippen LogP contribution in [0.1, 0.15) is 76.2 Å². The summed E-state index contributed by atoms with van der Waals surface area (Å²) >= 11 is 0. The molecule has 2 aliphatic carbocycles. The van der Waals surface area contributed by atoms with Crippen molar-refractivity contribution in [3.8, 4) is 5.75 Å². The molecule has 0 spiro atoms. The van der Waals surface area contributed by atoms with E-state index in [0.29, 0.717) is 13.1 Å². The van der Waals surface area contributed by atoms with E-state index < -0.39 is 11.6 Å². The number of ether oxygens (including phenoxy) is 2.